The van der Waals surface area contributed by atoms with Gasteiger partial charge in [0.1, 0.15) is 0 Å². The summed E-state index contributed by atoms with van der Waals surface area (Å²) >= 11 is 5.62. The van der Waals surface area contributed by atoms with Crippen molar-refractivity contribution < 1.29 is 14.2 Å². The zero-order valence-corrected chi connectivity index (χ0v) is 11.8. The van der Waals surface area contributed by atoms with Crippen LogP contribution in [-0.2, 0) is 14.2 Å². The fraction of sp³-hybridized carbons (Fsp3) is 0.857. The molecule has 1 heterocycles. The Morgan fingerprint density at radius 1 is 1.17 bits per heavy atom. The summed E-state index contributed by atoms with van der Waals surface area (Å²) in [5, 5.41) is 0. The minimum Gasteiger partial charge on any atom is -0.384 e. The molecule has 4 heteroatoms. The number of hydrogen-bond donors (Lipinski definition) is 0. The van der Waals surface area contributed by atoms with Crippen molar-refractivity contribution in [3.63, 3.8) is 0 Å². The van der Waals surface area contributed by atoms with Gasteiger partial charge in [-0.3, -0.25) is 0 Å². The van der Waals surface area contributed by atoms with Crippen molar-refractivity contribution in [2.45, 2.75) is 32.0 Å². The molecule has 1 saturated carbocycles. The molecule has 0 atom stereocenters. The van der Waals surface area contributed by atoms with E-state index in [4.69, 9.17) is 25.8 Å². The highest BCUT2D eigenvalue weighted by molar-refractivity contribution is 6.25. The lowest BCUT2D eigenvalue weighted by molar-refractivity contribution is -0.233. The molecule has 2 rings (SSSR count). The Balaban J connectivity index is 1.71. The fourth-order valence-electron chi connectivity index (χ4n) is 2.87. The predicted molar refractivity (Wildman–Crippen MR) is 71.5 cm³/mol. The highest BCUT2D eigenvalue weighted by Crippen LogP contribution is 2.34. The molecule has 3 nitrogen and oxygen atoms in total. The zero-order chi connectivity index (χ0) is 12.8. The van der Waals surface area contributed by atoms with Crippen LogP contribution in [0.2, 0.25) is 0 Å². The lowest BCUT2D eigenvalue weighted by atomic mass is 9.81. The Labute approximate surface area is 114 Å². The van der Waals surface area contributed by atoms with E-state index in [9.17, 15) is 0 Å². The molecule has 2 aliphatic rings. The third-order valence-corrected chi connectivity index (χ3v) is 4.09. The molecule has 104 valence electrons. The lowest BCUT2D eigenvalue weighted by Gasteiger charge is -2.37. The van der Waals surface area contributed by atoms with Crippen molar-refractivity contribution in [3.8, 4) is 0 Å². The fourth-order valence-corrected chi connectivity index (χ4v) is 3.08. The van der Waals surface area contributed by atoms with Gasteiger partial charge in [0.15, 0.2) is 6.29 Å². The van der Waals surface area contributed by atoms with Gasteiger partial charge in [-0.05, 0) is 31.6 Å². The molecule has 1 saturated heterocycles. The second kappa shape index (κ2) is 7.49. The number of hydrogen-bond acceptors (Lipinski definition) is 3. The van der Waals surface area contributed by atoms with Gasteiger partial charge in [0.05, 0.1) is 19.8 Å². The Kier molecular flexibility index (Phi) is 5.96. The van der Waals surface area contributed by atoms with Crippen molar-refractivity contribution in [1.82, 2.24) is 0 Å². The first-order valence-corrected chi connectivity index (χ1v) is 7.26. The standard InChI is InChI=1S/C14H23ClO3/c1-16-8-12-9-17-14(18-10-12)13-4-2-11(3-5-13)6-7-15/h6-7,11-14H,2-5,8-10H2,1H3. The first-order chi connectivity index (χ1) is 8.83. The van der Waals surface area contributed by atoms with Crippen molar-refractivity contribution in [1.29, 1.82) is 0 Å². The maximum Gasteiger partial charge on any atom is 0.160 e. The zero-order valence-electron chi connectivity index (χ0n) is 11.0. The molecule has 0 unspecified atom stereocenters. The van der Waals surface area contributed by atoms with E-state index in [1.807, 2.05) is 0 Å². The molecule has 0 radical (unpaired) electrons. The Bertz CT molecular complexity index is 254. The molecular formula is C14H23ClO3. The van der Waals surface area contributed by atoms with E-state index in [0.29, 0.717) is 17.8 Å². The average Bonchev–Trinajstić information content (AvgIpc) is 2.41. The molecule has 2 fully saturated rings. The Morgan fingerprint density at radius 3 is 2.39 bits per heavy atom. The van der Waals surface area contributed by atoms with Gasteiger partial charge in [-0.2, -0.15) is 0 Å². The van der Waals surface area contributed by atoms with E-state index < -0.39 is 0 Å². The third-order valence-electron chi connectivity index (χ3n) is 3.94. The lowest BCUT2D eigenvalue weighted by Crippen LogP contribution is -2.39. The molecule has 0 aromatic rings. The largest absolute Gasteiger partial charge is 0.384 e. The van der Waals surface area contributed by atoms with Crippen LogP contribution in [0.15, 0.2) is 11.6 Å². The molecule has 1 aliphatic carbocycles. The second-order valence-corrected chi connectivity index (χ2v) is 5.60. The summed E-state index contributed by atoms with van der Waals surface area (Å²) in [5.41, 5.74) is 1.65. The topological polar surface area (TPSA) is 27.7 Å². The van der Waals surface area contributed by atoms with Gasteiger partial charge < -0.3 is 14.2 Å². The summed E-state index contributed by atoms with van der Waals surface area (Å²) in [6, 6.07) is 0. The maximum atomic E-state index is 5.83. The van der Waals surface area contributed by atoms with Gasteiger partial charge in [0.25, 0.3) is 0 Å². The molecule has 18 heavy (non-hydrogen) atoms. The minimum atomic E-state index is -0.000891. The van der Waals surface area contributed by atoms with E-state index in [1.54, 1.807) is 12.6 Å². The molecule has 0 aromatic heterocycles. The van der Waals surface area contributed by atoms with Crippen LogP contribution in [0.1, 0.15) is 25.7 Å². The number of allylic oxidation sites excluding steroid dienone is 1. The quantitative estimate of drug-likeness (QED) is 0.788. The van der Waals surface area contributed by atoms with Gasteiger partial charge in [0, 0.05) is 24.5 Å². The van der Waals surface area contributed by atoms with E-state index in [0.717, 1.165) is 19.8 Å². The van der Waals surface area contributed by atoms with Crippen molar-refractivity contribution >= 4 is 11.6 Å². The van der Waals surface area contributed by atoms with Gasteiger partial charge in [0.2, 0.25) is 0 Å². The van der Waals surface area contributed by atoms with Gasteiger partial charge >= 0.3 is 0 Å². The van der Waals surface area contributed by atoms with E-state index in [1.165, 1.54) is 25.7 Å². The van der Waals surface area contributed by atoms with Gasteiger partial charge in [-0.25, -0.2) is 0 Å². The van der Waals surface area contributed by atoms with Crippen LogP contribution < -0.4 is 0 Å². The summed E-state index contributed by atoms with van der Waals surface area (Å²) in [7, 11) is 1.72. The second-order valence-electron chi connectivity index (χ2n) is 5.35. The third kappa shape index (κ3) is 3.95. The van der Waals surface area contributed by atoms with Crippen molar-refractivity contribution in [3.05, 3.63) is 11.6 Å². The summed E-state index contributed by atoms with van der Waals surface area (Å²) in [6.45, 7) is 2.25. The molecule has 1 aliphatic heterocycles. The van der Waals surface area contributed by atoms with E-state index in [2.05, 4.69) is 6.08 Å². The highest BCUT2D eigenvalue weighted by Gasteiger charge is 2.31. The number of rotatable bonds is 4. The first kappa shape index (κ1) is 14.3. The van der Waals surface area contributed by atoms with Gasteiger partial charge in [-0.1, -0.05) is 17.7 Å². The number of ether oxygens (including phenoxy) is 3. The highest BCUT2D eigenvalue weighted by atomic mass is 35.5. The number of methoxy groups -OCH3 is 1. The SMILES string of the molecule is COCC1COC(C2CCC(C=CCl)CC2)OC1. The van der Waals surface area contributed by atoms with Crippen LogP contribution in [0, 0.1) is 17.8 Å². The van der Waals surface area contributed by atoms with E-state index >= 15 is 0 Å². The maximum absolute atomic E-state index is 5.83. The van der Waals surface area contributed by atoms with E-state index in [-0.39, 0.29) is 6.29 Å². The summed E-state index contributed by atoms with van der Waals surface area (Å²) in [6.07, 6.45) is 6.84. The van der Waals surface area contributed by atoms with Gasteiger partial charge in [-0.15, -0.1) is 0 Å². The monoisotopic (exact) mass is 274 g/mol. The van der Waals surface area contributed by atoms with Crippen molar-refractivity contribution in [2.24, 2.45) is 17.8 Å². The smallest absolute Gasteiger partial charge is 0.160 e. The molecular weight excluding hydrogens is 252 g/mol. The number of halogens is 1. The molecule has 0 N–H and O–H groups in total. The molecule has 0 spiro atoms. The first-order valence-electron chi connectivity index (χ1n) is 6.82. The summed E-state index contributed by atoms with van der Waals surface area (Å²) in [4.78, 5) is 0. The van der Waals surface area contributed by atoms with Crippen LogP contribution in [0.5, 0.6) is 0 Å². The van der Waals surface area contributed by atoms with Crippen molar-refractivity contribution in [2.75, 3.05) is 26.9 Å². The minimum absolute atomic E-state index is 0.000891. The predicted octanol–water partition coefficient (Wildman–Crippen LogP) is 3.18. The summed E-state index contributed by atoms with van der Waals surface area (Å²) < 4.78 is 16.8. The molecule has 0 aromatic carbocycles. The Morgan fingerprint density at radius 2 is 1.83 bits per heavy atom. The summed E-state index contributed by atoms with van der Waals surface area (Å²) in [5.74, 6) is 1.58. The van der Waals surface area contributed by atoms with Crippen LogP contribution in [0.3, 0.4) is 0 Å². The normalized spacial score (nSPS) is 38.1. The average molecular weight is 275 g/mol. The van der Waals surface area contributed by atoms with Crippen LogP contribution in [-0.4, -0.2) is 33.2 Å². The molecule has 0 bridgehead atoms. The molecule has 0 amide bonds. The van der Waals surface area contributed by atoms with Crippen LogP contribution >= 0.6 is 11.6 Å². The Hall–Kier alpha value is -0.0900. The van der Waals surface area contributed by atoms with Crippen LogP contribution in [0.4, 0.5) is 0 Å². The van der Waals surface area contributed by atoms with Crippen LogP contribution in [0.25, 0.3) is 0 Å².